The van der Waals surface area contributed by atoms with Crippen molar-refractivity contribution >= 4 is 17.5 Å². The number of hydroxylamine groups is 1. The lowest BCUT2D eigenvalue weighted by molar-refractivity contribution is -0.129. The number of ether oxygens (including phenoxy) is 1. The first-order valence-corrected chi connectivity index (χ1v) is 8.03. The lowest BCUT2D eigenvalue weighted by atomic mass is 10.0. The first-order valence-electron chi connectivity index (χ1n) is 7.65. The number of rotatable bonds is 8. The van der Waals surface area contributed by atoms with E-state index in [0.29, 0.717) is 18.1 Å². The number of amides is 1. The summed E-state index contributed by atoms with van der Waals surface area (Å²) in [6.07, 6.45) is 0.192. The summed E-state index contributed by atoms with van der Waals surface area (Å²) in [6.45, 7) is 0.171. The van der Waals surface area contributed by atoms with E-state index in [4.69, 9.17) is 21.5 Å². The van der Waals surface area contributed by atoms with Gasteiger partial charge in [-0.2, -0.15) is 0 Å². The molecule has 0 bridgehead atoms. The Bertz CT molecular complexity index is 643. The second-order valence-corrected chi connectivity index (χ2v) is 5.75. The Morgan fingerprint density at radius 1 is 1.08 bits per heavy atom. The van der Waals surface area contributed by atoms with Crippen LogP contribution in [0.25, 0.3) is 11.1 Å². The summed E-state index contributed by atoms with van der Waals surface area (Å²) in [5.74, 6) is -0.452. The minimum atomic E-state index is -0.452. The molecule has 0 radical (unpaired) electrons. The smallest absolute Gasteiger partial charge is 0.243 e. The fourth-order valence-corrected chi connectivity index (χ4v) is 2.43. The average Bonchev–Trinajstić information content (AvgIpc) is 2.62. The van der Waals surface area contributed by atoms with Gasteiger partial charge in [0.05, 0.1) is 6.61 Å². The molecule has 0 aliphatic rings. The van der Waals surface area contributed by atoms with Crippen LogP contribution in [0.4, 0.5) is 0 Å². The quantitative estimate of drug-likeness (QED) is 0.388. The largest absolute Gasteiger partial charge is 0.393 e. The average molecular weight is 350 g/mol. The standard InChI is InChI=1S/C18H20ClNO4/c19-16-9-7-14(8-10-16)13-3-5-15(6-4-13)17(12-21)24-11-1-2-18(22)20-23/h3-10,17,21,23H,1-2,11-12H2,(H,20,22). The highest BCUT2D eigenvalue weighted by Gasteiger charge is 2.11. The van der Waals surface area contributed by atoms with Crippen LogP contribution in [-0.2, 0) is 9.53 Å². The van der Waals surface area contributed by atoms with Gasteiger partial charge in [-0.25, -0.2) is 5.48 Å². The normalized spacial score (nSPS) is 12.0. The van der Waals surface area contributed by atoms with Crippen LogP contribution in [0.15, 0.2) is 48.5 Å². The second-order valence-electron chi connectivity index (χ2n) is 5.31. The van der Waals surface area contributed by atoms with Gasteiger partial charge in [0.2, 0.25) is 5.91 Å². The summed E-state index contributed by atoms with van der Waals surface area (Å²) in [4.78, 5) is 10.9. The maximum atomic E-state index is 10.9. The summed E-state index contributed by atoms with van der Waals surface area (Å²) in [5, 5.41) is 18.6. The number of nitrogens with one attached hydrogen (secondary N) is 1. The molecule has 0 fully saturated rings. The second kappa shape index (κ2) is 9.39. The van der Waals surface area contributed by atoms with Crippen molar-refractivity contribution in [2.75, 3.05) is 13.2 Å². The number of hydrogen-bond acceptors (Lipinski definition) is 4. The van der Waals surface area contributed by atoms with Crippen molar-refractivity contribution in [3.8, 4) is 11.1 Å². The van der Waals surface area contributed by atoms with Gasteiger partial charge in [0.25, 0.3) is 0 Å². The Morgan fingerprint density at radius 3 is 2.21 bits per heavy atom. The van der Waals surface area contributed by atoms with Crippen LogP contribution in [0.2, 0.25) is 5.02 Å². The van der Waals surface area contributed by atoms with E-state index in [1.807, 2.05) is 48.5 Å². The molecule has 0 aliphatic carbocycles. The van der Waals surface area contributed by atoms with E-state index >= 15 is 0 Å². The van der Waals surface area contributed by atoms with Crippen molar-refractivity contribution in [1.29, 1.82) is 0 Å². The van der Waals surface area contributed by atoms with Crippen LogP contribution >= 0.6 is 11.6 Å². The number of aliphatic hydroxyl groups excluding tert-OH is 1. The maximum absolute atomic E-state index is 10.9. The van der Waals surface area contributed by atoms with Gasteiger partial charge in [-0.15, -0.1) is 0 Å². The van der Waals surface area contributed by atoms with E-state index in [1.54, 1.807) is 5.48 Å². The fraction of sp³-hybridized carbons (Fsp3) is 0.278. The number of aliphatic hydroxyl groups is 1. The van der Waals surface area contributed by atoms with Gasteiger partial charge in [-0.1, -0.05) is 48.0 Å². The fourth-order valence-electron chi connectivity index (χ4n) is 2.30. The number of carbonyl (C=O) groups excluding carboxylic acids is 1. The summed E-state index contributed by atoms with van der Waals surface area (Å²) in [6, 6.07) is 15.3. The number of benzene rings is 2. The van der Waals surface area contributed by atoms with Crippen molar-refractivity contribution in [2.24, 2.45) is 0 Å². The lowest BCUT2D eigenvalue weighted by Crippen LogP contribution is -2.19. The zero-order valence-corrected chi connectivity index (χ0v) is 13.9. The van der Waals surface area contributed by atoms with E-state index in [9.17, 15) is 9.90 Å². The molecular formula is C18H20ClNO4. The number of carbonyl (C=O) groups is 1. The van der Waals surface area contributed by atoms with Crippen LogP contribution < -0.4 is 5.48 Å². The highest BCUT2D eigenvalue weighted by atomic mass is 35.5. The number of halogens is 1. The molecule has 0 saturated heterocycles. The minimum Gasteiger partial charge on any atom is -0.393 e. The summed E-state index contributed by atoms with van der Waals surface area (Å²) < 4.78 is 5.60. The van der Waals surface area contributed by atoms with Crippen molar-refractivity contribution in [3.63, 3.8) is 0 Å². The van der Waals surface area contributed by atoms with Gasteiger partial charge in [0.1, 0.15) is 6.10 Å². The summed E-state index contributed by atoms with van der Waals surface area (Å²) in [7, 11) is 0. The Morgan fingerprint density at radius 2 is 1.67 bits per heavy atom. The maximum Gasteiger partial charge on any atom is 0.243 e. The molecule has 3 N–H and O–H groups in total. The molecule has 1 unspecified atom stereocenters. The Kier molecular flexibility index (Phi) is 7.21. The molecule has 5 nitrogen and oxygen atoms in total. The summed E-state index contributed by atoms with van der Waals surface area (Å²) >= 11 is 5.89. The molecule has 128 valence electrons. The third kappa shape index (κ3) is 5.32. The molecule has 24 heavy (non-hydrogen) atoms. The zero-order valence-electron chi connectivity index (χ0n) is 13.1. The topological polar surface area (TPSA) is 78.8 Å². The van der Waals surface area contributed by atoms with E-state index in [2.05, 4.69) is 0 Å². The van der Waals surface area contributed by atoms with E-state index in [1.165, 1.54) is 0 Å². The lowest BCUT2D eigenvalue weighted by Gasteiger charge is -2.16. The predicted molar refractivity (Wildman–Crippen MR) is 91.8 cm³/mol. The van der Waals surface area contributed by atoms with Crippen LogP contribution in [0.5, 0.6) is 0 Å². The summed E-state index contributed by atoms with van der Waals surface area (Å²) in [5.41, 5.74) is 4.54. The van der Waals surface area contributed by atoms with Crippen molar-refractivity contribution in [3.05, 3.63) is 59.1 Å². The SMILES string of the molecule is O=C(CCCOC(CO)c1ccc(-c2ccc(Cl)cc2)cc1)NO. The highest BCUT2D eigenvalue weighted by molar-refractivity contribution is 6.30. The molecule has 0 spiro atoms. The van der Waals surface area contributed by atoms with Crippen LogP contribution in [0, 0.1) is 0 Å². The van der Waals surface area contributed by atoms with Gasteiger partial charge in [-0.3, -0.25) is 10.0 Å². The molecule has 2 aromatic rings. The third-order valence-electron chi connectivity index (χ3n) is 3.62. The molecule has 0 aliphatic heterocycles. The minimum absolute atomic E-state index is 0.146. The monoisotopic (exact) mass is 349 g/mol. The zero-order chi connectivity index (χ0) is 17.4. The van der Waals surface area contributed by atoms with Gasteiger partial charge < -0.3 is 9.84 Å². The highest BCUT2D eigenvalue weighted by Crippen LogP contribution is 2.24. The molecule has 2 rings (SSSR count). The van der Waals surface area contributed by atoms with E-state index in [0.717, 1.165) is 16.7 Å². The molecular weight excluding hydrogens is 330 g/mol. The van der Waals surface area contributed by atoms with Gasteiger partial charge >= 0.3 is 0 Å². The molecule has 1 atom stereocenters. The van der Waals surface area contributed by atoms with Crippen LogP contribution in [0.3, 0.4) is 0 Å². The van der Waals surface area contributed by atoms with Gasteiger partial charge in [0.15, 0.2) is 0 Å². The van der Waals surface area contributed by atoms with Crippen molar-refractivity contribution in [1.82, 2.24) is 5.48 Å². The van der Waals surface area contributed by atoms with Gasteiger partial charge in [-0.05, 0) is 35.2 Å². The van der Waals surface area contributed by atoms with Crippen molar-refractivity contribution in [2.45, 2.75) is 18.9 Å². The molecule has 0 saturated carbocycles. The molecule has 1 amide bonds. The third-order valence-corrected chi connectivity index (χ3v) is 3.87. The number of hydrogen-bond donors (Lipinski definition) is 3. The molecule has 0 heterocycles. The molecule has 6 heteroatoms. The first-order chi connectivity index (χ1) is 11.6. The van der Waals surface area contributed by atoms with E-state index in [-0.39, 0.29) is 13.0 Å². The Balaban J connectivity index is 1.94. The van der Waals surface area contributed by atoms with E-state index < -0.39 is 12.0 Å². The Labute approximate surface area is 145 Å². The predicted octanol–water partition coefficient (Wildman–Crippen LogP) is 3.34. The van der Waals surface area contributed by atoms with Gasteiger partial charge in [0, 0.05) is 18.1 Å². The van der Waals surface area contributed by atoms with Crippen LogP contribution in [-0.4, -0.2) is 29.4 Å². The van der Waals surface area contributed by atoms with Crippen molar-refractivity contribution < 1.29 is 19.8 Å². The first kappa shape index (κ1) is 18.4. The molecule has 0 aromatic heterocycles. The Hall–Kier alpha value is -1.92. The van der Waals surface area contributed by atoms with Crippen LogP contribution in [0.1, 0.15) is 24.5 Å². The molecule has 2 aromatic carbocycles.